The van der Waals surface area contributed by atoms with Gasteiger partial charge >= 0.3 is 0 Å². The molecule has 0 amide bonds. The Kier molecular flexibility index (Phi) is 2.19. The van der Waals surface area contributed by atoms with Crippen molar-refractivity contribution in [2.24, 2.45) is 0 Å². The average Bonchev–Trinajstić information content (AvgIpc) is 2.06. The van der Waals surface area contributed by atoms with E-state index in [0.717, 1.165) is 5.56 Å². The molecule has 0 spiro atoms. The maximum Gasteiger partial charge on any atom is 0.0534 e. The van der Waals surface area contributed by atoms with Gasteiger partial charge in [0, 0.05) is 11.6 Å². The molecule has 1 heterocycles. The highest BCUT2D eigenvalue weighted by atomic mass is 16.3. The summed E-state index contributed by atoms with van der Waals surface area (Å²) in [5.41, 5.74) is 0.797. The van der Waals surface area contributed by atoms with Crippen molar-refractivity contribution in [2.45, 2.75) is 19.3 Å². The summed E-state index contributed by atoms with van der Waals surface area (Å²) in [5, 5.41) is 16.4. The van der Waals surface area contributed by atoms with Crippen LogP contribution in [0.5, 0.6) is 0 Å². The van der Waals surface area contributed by atoms with E-state index in [-0.39, 0.29) is 12.0 Å². The predicted molar refractivity (Wildman–Crippen MR) is 42.1 cm³/mol. The van der Waals surface area contributed by atoms with E-state index >= 15 is 0 Å². The van der Waals surface area contributed by atoms with Crippen LogP contribution in [0, 0.1) is 0 Å². The van der Waals surface area contributed by atoms with Gasteiger partial charge in [-0.25, -0.2) is 0 Å². The molecule has 60 valence electrons. The summed E-state index contributed by atoms with van der Waals surface area (Å²) < 4.78 is 0. The molecule has 0 saturated heterocycles. The second-order valence-electron chi connectivity index (χ2n) is 3.17. The fourth-order valence-corrected chi connectivity index (χ4v) is 0.782. The van der Waals surface area contributed by atoms with Crippen molar-refractivity contribution in [1.82, 2.24) is 10.2 Å². The average molecular weight is 152 g/mol. The van der Waals surface area contributed by atoms with Gasteiger partial charge in [0.15, 0.2) is 0 Å². The summed E-state index contributed by atoms with van der Waals surface area (Å²) in [6.07, 6.45) is 3.31. The Bertz CT molecular complexity index is 221. The van der Waals surface area contributed by atoms with Crippen LogP contribution in [0.15, 0.2) is 18.5 Å². The van der Waals surface area contributed by atoms with Crippen LogP contribution < -0.4 is 0 Å². The first-order valence-corrected chi connectivity index (χ1v) is 3.55. The minimum atomic E-state index is -0.212. The van der Waals surface area contributed by atoms with Crippen molar-refractivity contribution in [3.8, 4) is 0 Å². The van der Waals surface area contributed by atoms with Crippen LogP contribution in [0.1, 0.15) is 19.4 Å². The number of nitrogens with zero attached hydrogens (tertiary/aromatic N) is 2. The second-order valence-corrected chi connectivity index (χ2v) is 3.17. The molecule has 1 aromatic rings. The lowest BCUT2D eigenvalue weighted by Gasteiger charge is -2.20. The van der Waals surface area contributed by atoms with Crippen LogP contribution in [0.3, 0.4) is 0 Å². The van der Waals surface area contributed by atoms with E-state index in [0.29, 0.717) is 0 Å². The number of hydrogen-bond acceptors (Lipinski definition) is 3. The number of aliphatic hydroxyl groups is 1. The summed E-state index contributed by atoms with van der Waals surface area (Å²) in [6, 6.07) is 1.86. The lowest BCUT2D eigenvalue weighted by atomic mass is 9.87. The quantitative estimate of drug-likeness (QED) is 0.680. The molecule has 0 fully saturated rings. The van der Waals surface area contributed by atoms with Gasteiger partial charge in [-0.15, -0.1) is 0 Å². The van der Waals surface area contributed by atoms with Crippen LogP contribution in [0.2, 0.25) is 0 Å². The maximum absolute atomic E-state index is 9.00. The highest BCUT2D eigenvalue weighted by Gasteiger charge is 2.18. The third-order valence-electron chi connectivity index (χ3n) is 1.76. The summed E-state index contributed by atoms with van der Waals surface area (Å²) >= 11 is 0. The molecule has 0 aromatic carbocycles. The van der Waals surface area contributed by atoms with Crippen molar-refractivity contribution < 1.29 is 5.11 Å². The van der Waals surface area contributed by atoms with E-state index in [4.69, 9.17) is 5.11 Å². The molecule has 0 saturated carbocycles. The first kappa shape index (κ1) is 8.14. The number of hydrogen-bond donors (Lipinski definition) is 1. The maximum atomic E-state index is 9.00. The van der Waals surface area contributed by atoms with E-state index in [9.17, 15) is 0 Å². The third-order valence-corrected chi connectivity index (χ3v) is 1.76. The molecule has 11 heavy (non-hydrogen) atoms. The fraction of sp³-hybridized carbons (Fsp3) is 0.500. The molecule has 0 aliphatic carbocycles. The van der Waals surface area contributed by atoms with Crippen molar-refractivity contribution in [1.29, 1.82) is 0 Å². The first-order chi connectivity index (χ1) is 5.17. The topological polar surface area (TPSA) is 46.0 Å². The molecule has 0 bridgehead atoms. The van der Waals surface area contributed by atoms with Gasteiger partial charge in [0.05, 0.1) is 12.8 Å². The molecule has 0 unspecified atom stereocenters. The van der Waals surface area contributed by atoms with E-state index in [2.05, 4.69) is 10.2 Å². The van der Waals surface area contributed by atoms with Crippen LogP contribution >= 0.6 is 0 Å². The number of rotatable bonds is 2. The van der Waals surface area contributed by atoms with Crippen LogP contribution in [0.25, 0.3) is 0 Å². The molecule has 1 rings (SSSR count). The monoisotopic (exact) mass is 152 g/mol. The molecule has 1 N–H and O–H groups in total. The molecule has 0 atom stereocenters. The highest BCUT2D eigenvalue weighted by Crippen LogP contribution is 2.19. The van der Waals surface area contributed by atoms with Gasteiger partial charge in [0.2, 0.25) is 0 Å². The Morgan fingerprint density at radius 3 is 2.64 bits per heavy atom. The normalized spacial score (nSPS) is 11.5. The lowest BCUT2D eigenvalue weighted by Crippen LogP contribution is -2.22. The van der Waals surface area contributed by atoms with Gasteiger partial charge in [-0.3, -0.25) is 0 Å². The number of aliphatic hydroxyl groups excluding tert-OH is 1. The van der Waals surface area contributed by atoms with E-state index in [1.807, 2.05) is 19.9 Å². The zero-order valence-electron chi connectivity index (χ0n) is 6.78. The number of aromatic nitrogens is 2. The van der Waals surface area contributed by atoms with Gasteiger partial charge in [0.25, 0.3) is 0 Å². The zero-order chi connectivity index (χ0) is 8.32. The van der Waals surface area contributed by atoms with Crippen LogP contribution in [-0.4, -0.2) is 21.9 Å². The Hall–Kier alpha value is -0.960. The minimum Gasteiger partial charge on any atom is -0.395 e. The Labute approximate surface area is 66.1 Å². The molecule has 0 radical (unpaired) electrons. The summed E-state index contributed by atoms with van der Waals surface area (Å²) in [4.78, 5) is 0. The van der Waals surface area contributed by atoms with Crippen molar-refractivity contribution in [3.63, 3.8) is 0 Å². The molecule has 3 heteroatoms. The van der Waals surface area contributed by atoms with Gasteiger partial charge in [-0.1, -0.05) is 13.8 Å². The van der Waals surface area contributed by atoms with E-state index in [1.165, 1.54) is 0 Å². The molecule has 0 aliphatic heterocycles. The molecule has 3 nitrogen and oxygen atoms in total. The van der Waals surface area contributed by atoms with Crippen LogP contribution in [0.4, 0.5) is 0 Å². The largest absolute Gasteiger partial charge is 0.395 e. The smallest absolute Gasteiger partial charge is 0.0534 e. The predicted octanol–water partition coefficient (Wildman–Crippen LogP) is 0.746. The van der Waals surface area contributed by atoms with E-state index < -0.39 is 0 Å². The van der Waals surface area contributed by atoms with Gasteiger partial charge in [-0.05, 0) is 11.6 Å². The molecular weight excluding hydrogens is 140 g/mol. The summed E-state index contributed by atoms with van der Waals surface area (Å²) in [7, 11) is 0. The van der Waals surface area contributed by atoms with Crippen LogP contribution in [-0.2, 0) is 5.41 Å². The molecule has 0 aliphatic rings. The third kappa shape index (κ3) is 1.74. The Morgan fingerprint density at radius 2 is 2.18 bits per heavy atom. The van der Waals surface area contributed by atoms with Crippen molar-refractivity contribution in [2.75, 3.05) is 6.61 Å². The highest BCUT2D eigenvalue weighted by molar-refractivity contribution is 5.17. The molecule has 1 aromatic heterocycles. The lowest BCUT2D eigenvalue weighted by molar-refractivity contribution is 0.218. The van der Waals surface area contributed by atoms with Crippen molar-refractivity contribution >= 4 is 0 Å². The second kappa shape index (κ2) is 2.96. The van der Waals surface area contributed by atoms with Crippen molar-refractivity contribution in [3.05, 3.63) is 24.0 Å². The summed E-state index contributed by atoms with van der Waals surface area (Å²) in [6.45, 7) is 4.05. The van der Waals surface area contributed by atoms with Gasteiger partial charge in [0.1, 0.15) is 0 Å². The van der Waals surface area contributed by atoms with Gasteiger partial charge < -0.3 is 5.11 Å². The minimum absolute atomic E-state index is 0.124. The SMILES string of the molecule is CC(C)(CO)c1ccnnc1. The fourth-order valence-electron chi connectivity index (χ4n) is 0.782. The first-order valence-electron chi connectivity index (χ1n) is 3.55. The Morgan fingerprint density at radius 1 is 1.45 bits per heavy atom. The molecular formula is C8H12N2O. The zero-order valence-corrected chi connectivity index (χ0v) is 6.78. The van der Waals surface area contributed by atoms with Gasteiger partial charge in [-0.2, -0.15) is 10.2 Å². The van der Waals surface area contributed by atoms with E-state index in [1.54, 1.807) is 12.4 Å². The standard InChI is InChI=1S/C8H12N2O/c1-8(2,6-11)7-3-4-9-10-5-7/h3-5,11H,6H2,1-2H3. The Balaban J connectivity index is 2.93. The summed E-state index contributed by atoms with van der Waals surface area (Å²) in [5.74, 6) is 0.